The van der Waals surface area contributed by atoms with Gasteiger partial charge in [0, 0.05) is 0 Å². The fourth-order valence-electron chi connectivity index (χ4n) is 5.22. The average Bonchev–Trinajstić information content (AvgIpc) is 2.73. The summed E-state index contributed by atoms with van der Waals surface area (Å²) < 4.78 is 38.5. The van der Waals surface area contributed by atoms with Crippen LogP contribution in [0.4, 0.5) is 13.2 Å². The van der Waals surface area contributed by atoms with E-state index in [4.69, 9.17) is 0 Å². The Morgan fingerprint density at radius 3 is 2.21 bits per heavy atom. The van der Waals surface area contributed by atoms with Crippen LogP contribution in [0.2, 0.25) is 0 Å². The van der Waals surface area contributed by atoms with E-state index in [1.807, 2.05) is 0 Å². The highest BCUT2D eigenvalue weighted by molar-refractivity contribution is 5.45. The molecule has 0 radical (unpaired) electrons. The molecule has 4 rings (SSSR count). The normalized spacial score (nSPS) is 21.8. The molecule has 0 N–H and O–H groups in total. The molecule has 2 aromatic carbocycles. The molecular formula is C26H29F3. The summed E-state index contributed by atoms with van der Waals surface area (Å²) in [4.78, 5) is 0. The van der Waals surface area contributed by atoms with Crippen molar-refractivity contribution in [2.24, 2.45) is 5.92 Å². The van der Waals surface area contributed by atoms with Crippen molar-refractivity contribution in [1.82, 2.24) is 0 Å². The van der Waals surface area contributed by atoms with Crippen molar-refractivity contribution in [2.75, 3.05) is 0 Å². The minimum absolute atomic E-state index is 0.319. The van der Waals surface area contributed by atoms with Gasteiger partial charge in [-0.3, -0.25) is 0 Å². The third kappa shape index (κ3) is 4.44. The van der Waals surface area contributed by atoms with Crippen LogP contribution in [0.3, 0.4) is 0 Å². The van der Waals surface area contributed by atoms with E-state index in [-0.39, 0.29) is 0 Å². The fraction of sp³-hybridized carbons (Fsp3) is 0.462. The summed E-state index contributed by atoms with van der Waals surface area (Å²) in [6, 6.07) is 10.4. The maximum atomic E-state index is 12.8. The first kappa shape index (κ1) is 20.3. The SMILES string of the molecule is CC=CCC[C@H]1CCc2c(ccc3c2CC[C@H](c2ccc(C(F)(F)F)cc2)C3)C1. The molecule has 2 aromatic rings. The van der Waals surface area contributed by atoms with Gasteiger partial charge >= 0.3 is 6.18 Å². The summed E-state index contributed by atoms with van der Waals surface area (Å²) in [7, 11) is 0. The summed E-state index contributed by atoms with van der Waals surface area (Å²) >= 11 is 0. The van der Waals surface area contributed by atoms with Crippen molar-refractivity contribution >= 4 is 0 Å². The van der Waals surface area contributed by atoms with Gasteiger partial charge in [0.05, 0.1) is 5.56 Å². The Labute approximate surface area is 171 Å². The monoisotopic (exact) mass is 398 g/mol. The summed E-state index contributed by atoms with van der Waals surface area (Å²) in [6.07, 6.45) is 9.28. The molecular weight excluding hydrogens is 369 g/mol. The van der Waals surface area contributed by atoms with Crippen molar-refractivity contribution in [2.45, 2.75) is 70.4 Å². The molecule has 0 spiro atoms. The zero-order valence-corrected chi connectivity index (χ0v) is 17.1. The number of allylic oxidation sites excluding steroid dienone is 2. The Bertz CT molecular complexity index is 874. The first-order valence-corrected chi connectivity index (χ1v) is 10.9. The van der Waals surface area contributed by atoms with Crippen LogP contribution in [0.1, 0.15) is 71.9 Å². The Balaban J connectivity index is 1.47. The lowest BCUT2D eigenvalue weighted by Crippen LogP contribution is -2.20. The van der Waals surface area contributed by atoms with Crippen LogP contribution in [-0.4, -0.2) is 0 Å². The van der Waals surface area contributed by atoms with Crippen LogP contribution in [0.15, 0.2) is 48.6 Å². The average molecular weight is 399 g/mol. The van der Waals surface area contributed by atoms with Gasteiger partial charge in [0.15, 0.2) is 0 Å². The predicted octanol–water partition coefficient (Wildman–Crippen LogP) is 7.44. The maximum absolute atomic E-state index is 12.8. The second-order valence-electron chi connectivity index (χ2n) is 8.66. The van der Waals surface area contributed by atoms with E-state index in [2.05, 4.69) is 31.2 Å². The van der Waals surface area contributed by atoms with E-state index in [0.29, 0.717) is 5.92 Å². The van der Waals surface area contributed by atoms with E-state index >= 15 is 0 Å². The van der Waals surface area contributed by atoms with Crippen molar-refractivity contribution in [3.05, 3.63) is 81.9 Å². The molecule has 0 amide bonds. The van der Waals surface area contributed by atoms with E-state index < -0.39 is 11.7 Å². The van der Waals surface area contributed by atoms with Crippen molar-refractivity contribution in [1.29, 1.82) is 0 Å². The first-order valence-electron chi connectivity index (χ1n) is 10.9. The van der Waals surface area contributed by atoms with Crippen LogP contribution < -0.4 is 0 Å². The number of hydrogen-bond acceptors (Lipinski definition) is 0. The van der Waals surface area contributed by atoms with E-state index in [1.54, 1.807) is 17.7 Å². The van der Waals surface area contributed by atoms with Gasteiger partial charge < -0.3 is 0 Å². The molecule has 0 aliphatic heterocycles. The highest BCUT2D eigenvalue weighted by atomic mass is 19.4. The quantitative estimate of drug-likeness (QED) is 0.470. The van der Waals surface area contributed by atoms with E-state index in [0.717, 1.165) is 30.7 Å². The largest absolute Gasteiger partial charge is 0.416 e. The molecule has 3 heteroatoms. The molecule has 0 nitrogen and oxygen atoms in total. The molecule has 0 fully saturated rings. The number of hydrogen-bond donors (Lipinski definition) is 0. The Morgan fingerprint density at radius 2 is 1.55 bits per heavy atom. The Kier molecular flexibility index (Phi) is 5.85. The molecule has 154 valence electrons. The Hall–Kier alpha value is -2.03. The molecule has 0 unspecified atom stereocenters. The predicted molar refractivity (Wildman–Crippen MR) is 112 cm³/mol. The first-order chi connectivity index (χ1) is 14.0. The third-order valence-corrected chi connectivity index (χ3v) is 6.83. The third-order valence-electron chi connectivity index (χ3n) is 6.83. The number of fused-ring (bicyclic) bond motifs is 3. The van der Waals surface area contributed by atoms with Crippen LogP contribution in [-0.2, 0) is 31.9 Å². The minimum Gasteiger partial charge on any atom is -0.166 e. The summed E-state index contributed by atoms with van der Waals surface area (Å²) in [5.74, 6) is 1.11. The van der Waals surface area contributed by atoms with Gasteiger partial charge in [0.25, 0.3) is 0 Å². The van der Waals surface area contributed by atoms with Gasteiger partial charge in [-0.2, -0.15) is 13.2 Å². The molecule has 2 aliphatic rings. The number of alkyl halides is 3. The van der Waals surface area contributed by atoms with Gasteiger partial charge in [-0.05, 0) is 110 Å². The lowest BCUT2D eigenvalue weighted by atomic mass is 9.73. The van der Waals surface area contributed by atoms with Gasteiger partial charge in [0.1, 0.15) is 0 Å². The summed E-state index contributed by atoms with van der Waals surface area (Å²) in [6.45, 7) is 2.08. The standard InChI is InChI=1S/C26H29F3/c1-2-3-4-5-18-6-14-24-21(16-18)7-8-22-17-20(11-15-25(22)24)19-9-12-23(13-10-19)26(27,28)29/h2-3,7-10,12-13,18,20H,4-6,11,14-17H2,1H3/t18-,20-/m0/s1. The molecule has 2 aliphatic carbocycles. The van der Waals surface area contributed by atoms with Crippen molar-refractivity contribution < 1.29 is 13.2 Å². The molecule has 0 bridgehead atoms. The lowest BCUT2D eigenvalue weighted by Gasteiger charge is -2.32. The molecule has 29 heavy (non-hydrogen) atoms. The van der Waals surface area contributed by atoms with Crippen molar-refractivity contribution in [3.63, 3.8) is 0 Å². The molecule has 0 saturated heterocycles. The molecule has 0 aromatic heterocycles. The number of halogens is 3. The minimum atomic E-state index is -4.26. The fourth-order valence-corrected chi connectivity index (χ4v) is 5.22. The van der Waals surface area contributed by atoms with Crippen LogP contribution in [0, 0.1) is 5.92 Å². The molecule has 2 atom stereocenters. The van der Waals surface area contributed by atoms with Gasteiger partial charge in [-0.15, -0.1) is 0 Å². The van der Waals surface area contributed by atoms with E-state index in [9.17, 15) is 13.2 Å². The zero-order valence-electron chi connectivity index (χ0n) is 17.1. The maximum Gasteiger partial charge on any atom is 0.416 e. The highest BCUT2D eigenvalue weighted by Crippen LogP contribution is 2.39. The second-order valence-corrected chi connectivity index (χ2v) is 8.66. The number of rotatable bonds is 4. The van der Waals surface area contributed by atoms with Crippen LogP contribution in [0.25, 0.3) is 0 Å². The highest BCUT2D eigenvalue weighted by Gasteiger charge is 2.31. The van der Waals surface area contributed by atoms with Gasteiger partial charge in [-0.1, -0.05) is 36.4 Å². The summed E-state index contributed by atoms with van der Waals surface area (Å²) in [5, 5.41) is 0. The second kappa shape index (κ2) is 8.38. The topological polar surface area (TPSA) is 0 Å². The molecule has 0 heterocycles. The Morgan fingerprint density at radius 1 is 0.897 bits per heavy atom. The van der Waals surface area contributed by atoms with Crippen LogP contribution in [0.5, 0.6) is 0 Å². The zero-order chi connectivity index (χ0) is 20.4. The lowest BCUT2D eigenvalue weighted by molar-refractivity contribution is -0.137. The smallest absolute Gasteiger partial charge is 0.166 e. The van der Waals surface area contributed by atoms with Crippen LogP contribution >= 0.6 is 0 Å². The number of benzene rings is 2. The van der Waals surface area contributed by atoms with E-state index in [1.165, 1.54) is 60.9 Å². The van der Waals surface area contributed by atoms with Gasteiger partial charge in [-0.25, -0.2) is 0 Å². The summed E-state index contributed by atoms with van der Waals surface area (Å²) in [5.41, 5.74) is 6.54. The van der Waals surface area contributed by atoms with Crippen molar-refractivity contribution in [3.8, 4) is 0 Å². The van der Waals surface area contributed by atoms with Gasteiger partial charge in [0.2, 0.25) is 0 Å². The molecule has 0 saturated carbocycles.